The molecular formula is C23H38FNO4S. The molecule has 2 rings (SSSR count). The van der Waals surface area contributed by atoms with Gasteiger partial charge in [0.05, 0.1) is 24.5 Å². The monoisotopic (exact) mass is 443 g/mol. The molecule has 0 aromatic heterocycles. The van der Waals surface area contributed by atoms with Crippen LogP contribution >= 0.6 is 0 Å². The molecule has 1 fully saturated rings. The van der Waals surface area contributed by atoms with Gasteiger partial charge < -0.3 is 9.47 Å². The van der Waals surface area contributed by atoms with Gasteiger partial charge in [0, 0.05) is 6.61 Å². The number of sulfonamides is 1. The van der Waals surface area contributed by atoms with E-state index in [0.29, 0.717) is 45.0 Å². The molecule has 0 unspecified atom stereocenters. The van der Waals surface area contributed by atoms with Crippen molar-refractivity contribution in [2.24, 2.45) is 11.3 Å². The van der Waals surface area contributed by atoms with Crippen LogP contribution in [0.5, 0.6) is 5.75 Å². The molecule has 1 N–H and O–H groups in total. The van der Waals surface area contributed by atoms with Crippen molar-refractivity contribution in [1.82, 2.24) is 4.72 Å². The zero-order chi connectivity index (χ0) is 22.4. The van der Waals surface area contributed by atoms with Crippen LogP contribution in [0.3, 0.4) is 0 Å². The van der Waals surface area contributed by atoms with Crippen LogP contribution in [-0.4, -0.2) is 34.0 Å². The lowest BCUT2D eigenvalue weighted by Crippen LogP contribution is -2.46. The Morgan fingerprint density at radius 1 is 1.17 bits per heavy atom. The first kappa shape index (κ1) is 25.1. The van der Waals surface area contributed by atoms with Crippen molar-refractivity contribution in [1.29, 1.82) is 0 Å². The highest BCUT2D eigenvalue weighted by atomic mass is 32.2. The molecule has 0 atom stereocenters. The van der Waals surface area contributed by atoms with E-state index in [4.69, 9.17) is 9.47 Å². The Balaban J connectivity index is 2.06. The molecule has 0 spiro atoms. The second kappa shape index (κ2) is 10.4. The lowest BCUT2D eigenvalue weighted by Gasteiger charge is -2.33. The quantitative estimate of drug-likeness (QED) is 0.436. The Hall–Kier alpha value is -1.18. The molecule has 1 saturated carbocycles. The third-order valence-electron chi connectivity index (χ3n) is 5.45. The maximum atomic E-state index is 14.2. The van der Waals surface area contributed by atoms with Gasteiger partial charge in [-0.2, -0.15) is 0 Å². The average Bonchev–Trinajstić information content (AvgIpc) is 3.49. The summed E-state index contributed by atoms with van der Waals surface area (Å²) in [5.74, 6) is 0.277. The number of hydrogen-bond acceptors (Lipinski definition) is 4. The lowest BCUT2D eigenvalue weighted by atomic mass is 9.86. The van der Waals surface area contributed by atoms with Crippen LogP contribution in [0, 0.1) is 17.2 Å². The number of nitrogens with one attached hydrogen (secondary N) is 1. The van der Waals surface area contributed by atoms with Gasteiger partial charge in [0.15, 0.2) is 11.6 Å². The molecule has 7 heteroatoms. The van der Waals surface area contributed by atoms with Crippen molar-refractivity contribution < 1.29 is 22.3 Å². The van der Waals surface area contributed by atoms with Gasteiger partial charge in [-0.3, -0.25) is 0 Å². The van der Waals surface area contributed by atoms with Gasteiger partial charge in [0.1, 0.15) is 0 Å². The van der Waals surface area contributed by atoms with Gasteiger partial charge in [-0.15, -0.1) is 0 Å². The minimum absolute atomic E-state index is 0.00880. The molecule has 0 amide bonds. The number of ether oxygens (including phenoxy) is 2. The molecule has 5 nitrogen and oxygen atoms in total. The number of benzene rings is 1. The molecule has 172 valence electrons. The summed E-state index contributed by atoms with van der Waals surface area (Å²) in [5.41, 5.74) is -0.0121. The molecule has 1 aliphatic carbocycles. The number of halogens is 1. The van der Waals surface area contributed by atoms with Crippen LogP contribution in [0.4, 0.5) is 4.39 Å². The highest BCUT2D eigenvalue weighted by molar-refractivity contribution is 7.89. The van der Waals surface area contributed by atoms with Crippen molar-refractivity contribution in [3.05, 3.63) is 29.6 Å². The molecule has 1 aromatic rings. The Morgan fingerprint density at radius 2 is 1.83 bits per heavy atom. The van der Waals surface area contributed by atoms with E-state index < -0.39 is 21.4 Å². The van der Waals surface area contributed by atoms with Gasteiger partial charge in [-0.05, 0) is 61.1 Å². The van der Waals surface area contributed by atoms with Crippen molar-refractivity contribution in [3.8, 4) is 5.75 Å². The van der Waals surface area contributed by atoms with Crippen LogP contribution < -0.4 is 9.46 Å². The fraction of sp³-hybridized carbons (Fsp3) is 0.739. The van der Waals surface area contributed by atoms with Crippen LogP contribution in [0.1, 0.15) is 72.3 Å². The summed E-state index contributed by atoms with van der Waals surface area (Å²) < 4.78 is 54.0. The summed E-state index contributed by atoms with van der Waals surface area (Å²) in [7, 11) is -3.53. The van der Waals surface area contributed by atoms with Gasteiger partial charge in [-0.25, -0.2) is 17.5 Å². The van der Waals surface area contributed by atoms with E-state index in [1.807, 2.05) is 13.8 Å². The van der Waals surface area contributed by atoms with E-state index >= 15 is 0 Å². The molecular weight excluding hydrogens is 405 g/mol. The van der Waals surface area contributed by atoms with Crippen molar-refractivity contribution >= 4 is 10.0 Å². The zero-order valence-electron chi connectivity index (χ0n) is 19.1. The van der Waals surface area contributed by atoms with Crippen LogP contribution in [0.2, 0.25) is 0 Å². The predicted octanol–water partition coefficient (Wildman–Crippen LogP) is 5.00. The third-order valence-corrected chi connectivity index (χ3v) is 6.98. The summed E-state index contributed by atoms with van der Waals surface area (Å²) in [6, 6.07) is 4.67. The number of rotatable bonds is 13. The Labute approximate surface area is 181 Å². The van der Waals surface area contributed by atoms with Gasteiger partial charge >= 0.3 is 0 Å². The Kier molecular flexibility index (Phi) is 8.71. The standard InChI is InChI=1S/C23H38FNO4S/c1-6-23(7-2,25-30(26,27)14-8-13-28-17-22(3,4)5)19-11-12-20(24)21(15-19)29-16-18-9-10-18/h11-12,15,18,25H,6-10,13-14,16-17H2,1-5H3. The maximum absolute atomic E-state index is 14.2. The first-order valence-corrected chi connectivity index (χ1v) is 12.7. The predicted molar refractivity (Wildman–Crippen MR) is 119 cm³/mol. The SMILES string of the molecule is CCC(CC)(NS(=O)(=O)CCCOCC(C)(C)C)c1ccc(F)c(OCC2CC2)c1. The van der Waals surface area contributed by atoms with Crippen molar-refractivity contribution in [2.75, 3.05) is 25.6 Å². The smallest absolute Gasteiger partial charge is 0.212 e. The van der Waals surface area contributed by atoms with Gasteiger partial charge in [0.25, 0.3) is 0 Å². The van der Waals surface area contributed by atoms with E-state index in [9.17, 15) is 12.8 Å². The lowest BCUT2D eigenvalue weighted by molar-refractivity contribution is 0.0720. The summed E-state index contributed by atoms with van der Waals surface area (Å²) in [6.07, 6.45) is 3.77. The van der Waals surface area contributed by atoms with Crippen LogP contribution in [0.25, 0.3) is 0 Å². The summed E-state index contributed by atoms with van der Waals surface area (Å²) in [6.45, 7) is 11.6. The number of hydrogen-bond donors (Lipinski definition) is 1. The maximum Gasteiger partial charge on any atom is 0.212 e. The van der Waals surface area contributed by atoms with E-state index in [1.165, 1.54) is 6.07 Å². The second-order valence-corrected chi connectivity index (χ2v) is 11.4. The normalized spacial score (nSPS) is 15.4. The first-order valence-electron chi connectivity index (χ1n) is 11.0. The minimum atomic E-state index is -3.53. The topological polar surface area (TPSA) is 64.6 Å². The largest absolute Gasteiger partial charge is 0.490 e. The summed E-state index contributed by atoms with van der Waals surface area (Å²) >= 11 is 0. The van der Waals surface area contributed by atoms with E-state index in [0.717, 1.165) is 18.4 Å². The second-order valence-electron chi connectivity index (χ2n) is 9.58. The molecule has 1 aliphatic rings. The molecule has 0 bridgehead atoms. The Bertz CT molecular complexity index is 781. The van der Waals surface area contributed by atoms with Crippen LogP contribution in [0.15, 0.2) is 18.2 Å². The summed E-state index contributed by atoms with van der Waals surface area (Å²) in [5, 5.41) is 0. The van der Waals surface area contributed by atoms with Crippen molar-refractivity contribution in [3.63, 3.8) is 0 Å². The Morgan fingerprint density at radius 3 is 2.40 bits per heavy atom. The third kappa shape index (κ3) is 7.82. The van der Waals surface area contributed by atoms with Crippen LogP contribution in [-0.2, 0) is 20.3 Å². The van der Waals surface area contributed by atoms with E-state index in [2.05, 4.69) is 25.5 Å². The highest BCUT2D eigenvalue weighted by Gasteiger charge is 2.34. The van der Waals surface area contributed by atoms with E-state index in [-0.39, 0.29) is 16.9 Å². The van der Waals surface area contributed by atoms with E-state index in [1.54, 1.807) is 12.1 Å². The molecule has 30 heavy (non-hydrogen) atoms. The fourth-order valence-corrected chi connectivity index (χ4v) is 4.95. The minimum Gasteiger partial charge on any atom is -0.490 e. The fourth-order valence-electron chi connectivity index (χ4n) is 3.34. The van der Waals surface area contributed by atoms with Gasteiger partial charge in [0.2, 0.25) is 10.0 Å². The van der Waals surface area contributed by atoms with Crippen molar-refractivity contribution in [2.45, 2.75) is 72.3 Å². The zero-order valence-corrected chi connectivity index (χ0v) is 19.9. The van der Waals surface area contributed by atoms with Gasteiger partial charge in [-0.1, -0.05) is 40.7 Å². The molecule has 1 aromatic carbocycles. The molecule has 0 aliphatic heterocycles. The average molecular weight is 444 g/mol. The summed E-state index contributed by atoms with van der Waals surface area (Å²) in [4.78, 5) is 0. The molecule has 0 saturated heterocycles. The highest BCUT2D eigenvalue weighted by Crippen LogP contribution is 2.35. The first-order chi connectivity index (χ1) is 14.0. The molecule has 0 radical (unpaired) electrons. The molecule has 0 heterocycles.